The molecule has 0 bridgehead atoms. The summed E-state index contributed by atoms with van der Waals surface area (Å²) < 4.78 is 26.3. The Bertz CT molecular complexity index is 673. The van der Waals surface area contributed by atoms with Crippen LogP contribution in [0.15, 0.2) is 42.7 Å². The largest absolute Gasteiger partial charge is 0.324 e. The van der Waals surface area contributed by atoms with Crippen molar-refractivity contribution in [2.24, 2.45) is 5.92 Å². The second kappa shape index (κ2) is 6.73. The van der Waals surface area contributed by atoms with Gasteiger partial charge in [0.2, 0.25) is 0 Å². The summed E-state index contributed by atoms with van der Waals surface area (Å²) in [6.45, 7) is 1.27. The van der Waals surface area contributed by atoms with Crippen LogP contribution in [-0.4, -0.2) is 29.0 Å². The highest BCUT2D eigenvalue weighted by molar-refractivity contribution is 5.89. The van der Waals surface area contributed by atoms with Crippen LogP contribution in [0.2, 0.25) is 0 Å². The van der Waals surface area contributed by atoms with Crippen LogP contribution >= 0.6 is 0 Å². The summed E-state index contributed by atoms with van der Waals surface area (Å²) in [5.41, 5.74) is 1.32. The number of aromatic nitrogens is 1. The number of anilines is 1. The van der Waals surface area contributed by atoms with Crippen LogP contribution in [0.4, 0.5) is 19.3 Å². The highest BCUT2D eigenvalue weighted by Crippen LogP contribution is 2.22. The molecule has 1 aromatic carbocycles. The number of hydrogen-bond acceptors (Lipinski definition) is 2. The number of likely N-dealkylation sites (tertiary alicyclic amines) is 1. The van der Waals surface area contributed by atoms with E-state index in [1.165, 1.54) is 5.56 Å². The smallest absolute Gasteiger partial charge is 0.321 e. The summed E-state index contributed by atoms with van der Waals surface area (Å²) in [7, 11) is 0. The van der Waals surface area contributed by atoms with Crippen molar-refractivity contribution in [1.82, 2.24) is 9.88 Å². The van der Waals surface area contributed by atoms with Crippen molar-refractivity contribution in [2.75, 3.05) is 18.4 Å². The molecule has 0 radical (unpaired) electrons. The molecule has 0 unspecified atom stereocenters. The zero-order valence-corrected chi connectivity index (χ0v) is 12.5. The minimum Gasteiger partial charge on any atom is -0.324 e. The summed E-state index contributed by atoms with van der Waals surface area (Å²) in [5.74, 6) is -1.04. The van der Waals surface area contributed by atoms with Crippen LogP contribution in [0.3, 0.4) is 0 Å². The van der Waals surface area contributed by atoms with Gasteiger partial charge in [0.15, 0.2) is 0 Å². The SMILES string of the molecule is O=C(Nc1cc(F)cc(F)c1)N1CC[C@H](Cc2ccncc2)C1. The molecule has 3 rings (SSSR count). The summed E-state index contributed by atoms with van der Waals surface area (Å²) in [6.07, 6.45) is 5.31. The molecule has 120 valence electrons. The summed E-state index contributed by atoms with van der Waals surface area (Å²) in [4.78, 5) is 17.9. The standard InChI is InChI=1S/C17H17F2N3O/c18-14-8-15(19)10-16(9-14)21-17(23)22-6-3-13(11-22)7-12-1-4-20-5-2-12/h1-2,4-5,8-10,13H,3,6-7,11H2,(H,21,23)/t13-/m1/s1. The number of hydrogen-bond donors (Lipinski definition) is 1. The van der Waals surface area contributed by atoms with E-state index in [0.717, 1.165) is 31.0 Å². The van der Waals surface area contributed by atoms with Crippen molar-refractivity contribution < 1.29 is 13.6 Å². The molecule has 0 aliphatic carbocycles. The van der Waals surface area contributed by atoms with Crippen LogP contribution in [0.1, 0.15) is 12.0 Å². The van der Waals surface area contributed by atoms with Crippen LogP contribution in [0.5, 0.6) is 0 Å². The van der Waals surface area contributed by atoms with Gasteiger partial charge < -0.3 is 10.2 Å². The zero-order chi connectivity index (χ0) is 16.2. The van der Waals surface area contributed by atoms with E-state index < -0.39 is 11.6 Å². The van der Waals surface area contributed by atoms with Crippen LogP contribution in [0, 0.1) is 17.6 Å². The Kier molecular flexibility index (Phi) is 4.50. The minimum atomic E-state index is -0.711. The third-order valence-corrected chi connectivity index (χ3v) is 3.96. The first-order valence-electron chi connectivity index (χ1n) is 7.51. The fourth-order valence-electron chi connectivity index (χ4n) is 2.86. The molecule has 1 saturated heterocycles. The number of halogens is 2. The number of urea groups is 1. The molecule has 0 spiro atoms. The molecule has 4 nitrogen and oxygen atoms in total. The van der Waals surface area contributed by atoms with Gasteiger partial charge in [0.05, 0.1) is 0 Å². The van der Waals surface area contributed by atoms with Gasteiger partial charge >= 0.3 is 6.03 Å². The molecule has 1 aliphatic rings. The molecule has 1 atom stereocenters. The fourth-order valence-corrected chi connectivity index (χ4v) is 2.86. The third kappa shape index (κ3) is 4.03. The number of nitrogens with zero attached hydrogens (tertiary/aromatic N) is 2. The van der Waals surface area contributed by atoms with Gasteiger partial charge in [0.1, 0.15) is 11.6 Å². The lowest BCUT2D eigenvalue weighted by molar-refractivity contribution is 0.221. The molecule has 6 heteroatoms. The van der Waals surface area contributed by atoms with E-state index in [-0.39, 0.29) is 11.7 Å². The van der Waals surface area contributed by atoms with Gasteiger partial charge in [-0.15, -0.1) is 0 Å². The Morgan fingerprint density at radius 3 is 2.61 bits per heavy atom. The van der Waals surface area contributed by atoms with Gasteiger partial charge in [-0.25, -0.2) is 13.6 Å². The first-order chi connectivity index (χ1) is 11.1. The van der Waals surface area contributed by atoms with Crippen molar-refractivity contribution >= 4 is 11.7 Å². The molecule has 2 heterocycles. The normalized spacial score (nSPS) is 17.3. The monoisotopic (exact) mass is 317 g/mol. The zero-order valence-electron chi connectivity index (χ0n) is 12.5. The highest BCUT2D eigenvalue weighted by Gasteiger charge is 2.26. The lowest BCUT2D eigenvalue weighted by atomic mass is 10.00. The lowest BCUT2D eigenvalue weighted by Crippen LogP contribution is -2.33. The average molecular weight is 317 g/mol. The van der Waals surface area contributed by atoms with Crippen LogP contribution < -0.4 is 5.32 Å². The summed E-state index contributed by atoms with van der Waals surface area (Å²) in [6, 6.07) is 6.59. The number of carbonyl (C=O) groups excluding carboxylic acids is 1. The Hall–Kier alpha value is -2.50. The second-order valence-electron chi connectivity index (χ2n) is 5.75. The van der Waals surface area contributed by atoms with Gasteiger partial charge in [0, 0.05) is 37.2 Å². The molecular weight excluding hydrogens is 300 g/mol. The van der Waals surface area contributed by atoms with Crippen molar-refractivity contribution in [3.63, 3.8) is 0 Å². The molecule has 2 amide bonds. The van der Waals surface area contributed by atoms with Gasteiger partial charge in [-0.1, -0.05) is 0 Å². The molecule has 1 fully saturated rings. The second-order valence-corrected chi connectivity index (χ2v) is 5.75. The predicted molar refractivity (Wildman–Crippen MR) is 83.0 cm³/mol. The topological polar surface area (TPSA) is 45.2 Å². The molecule has 1 aromatic heterocycles. The van der Waals surface area contributed by atoms with E-state index in [1.54, 1.807) is 17.3 Å². The van der Waals surface area contributed by atoms with Crippen molar-refractivity contribution in [3.05, 3.63) is 59.9 Å². The van der Waals surface area contributed by atoms with Gasteiger partial charge in [-0.3, -0.25) is 4.98 Å². The fraction of sp³-hybridized carbons (Fsp3) is 0.294. The number of carbonyl (C=O) groups is 1. The Morgan fingerprint density at radius 1 is 1.22 bits per heavy atom. The molecule has 1 N–H and O–H groups in total. The third-order valence-electron chi connectivity index (χ3n) is 3.96. The van der Waals surface area contributed by atoms with Gasteiger partial charge in [0.25, 0.3) is 0 Å². The van der Waals surface area contributed by atoms with Gasteiger partial charge in [-0.2, -0.15) is 0 Å². The summed E-state index contributed by atoms with van der Waals surface area (Å²) >= 11 is 0. The Balaban J connectivity index is 1.57. The lowest BCUT2D eigenvalue weighted by Gasteiger charge is -2.17. The molecule has 23 heavy (non-hydrogen) atoms. The van der Waals surface area contributed by atoms with Crippen molar-refractivity contribution in [3.8, 4) is 0 Å². The Morgan fingerprint density at radius 2 is 1.91 bits per heavy atom. The van der Waals surface area contributed by atoms with E-state index >= 15 is 0 Å². The average Bonchev–Trinajstić information content (AvgIpc) is 2.96. The first kappa shape index (κ1) is 15.4. The maximum Gasteiger partial charge on any atom is 0.321 e. The number of pyridine rings is 1. The van der Waals surface area contributed by atoms with Crippen LogP contribution in [0.25, 0.3) is 0 Å². The molecule has 1 aliphatic heterocycles. The van der Waals surface area contributed by atoms with Crippen molar-refractivity contribution in [1.29, 1.82) is 0 Å². The molecule has 0 saturated carbocycles. The quantitative estimate of drug-likeness (QED) is 0.942. The van der Waals surface area contributed by atoms with E-state index in [9.17, 15) is 13.6 Å². The molecular formula is C17H17F2N3O. The highest BCUT2D eigenvalue weighted by atomic mass is 19.1. The van der Waals surface area contributed by atoms with E-state index in [2.05, 4.69) is 10.3 Å². The number of rotatable bonds is 3. The number of amides is 2. The predicted octanol–water partition coefficient (Wildman–Crippen LogP) is 3.46. The van der Waals surface area contributed by atoms with Gasteiger partial charge in [-0.05, 0) is 48.6 Å². The minimum absolute atomic E-state index is 0.130. The van der Waals surface area contributed by atoms with E-state index in [0.29, 0.717) is 19.0 Å². The van der Waals surface area contributed by atoms with E-state index in [4.69, 9.17) is 0 Å². The number of benzene rings is 1. The first-order valence-corrected chi connectivity index (χ1v) is 7.51. The molecule has 2 aromatic rings. The maximum absolute atomic E-state index is 13.1. The number of nitrogens with one attached hydrogen (secondary N) is 1. The Labute approximate surface area is 133 Å². The maximum atomic E-state index is 13.1. The van der Waals surface area contributed by atoms with E-state index in [1.807, 2.05) is 12.1 Å². The summed E-state index contributed by atoms with van der Waals surface area (Å²) in [5, 5.41) is 2.55. The van der Waals surface area contributed by atoms with Crippen LogP contribution in [-0.2, 0) is 6.42 Å². The van der Waals surface area contributed by atoms with Crippen molar-refractivity contribution in [2.45, 2.75) is 12.8 Å².